The van der Waals surface area contributed by atoms with Crippen LogP contribution >= 0.6 is 11.6 Å². The predicted molar refractivity (Wildman–Crippen MR) is 83.1 cm³/mol. The molecule has 6 nitrogen and oxygen atoms in total. The van der Waals surface area contributed by atoms with Gasteiger partial charge in [-0.05, 0) is 39.3 Å². The first-order chi connectivity index (χ1) is 10.0. The number of aryl methyl sites for hydroxylation is 1. The molecule has 1 amide bonds. The summed E-state index contributed by atoms with van der Waals surface area (Å²) in [4.78, 5) is 28.7. The van der Waals surface area contributed by atoms with E-state index in [9.17, 15) is 14.7 Å². The summed E-state index contributed by atoms with van der Waals surface area (Å²) in [7, 11) is 1.40. The van der Waals surface area contributed by atoms with Crippen LogP contribution in [0.5, 0.6) is 0 Å². The Morgan fingerprint density at radius 1 is 1.45 bits per heavy atom. The number of hydrogen-bond donors (Lipinski definition) is 1. The lowest BCUT2D eigenvalue weighted by molar-refractivity contribution is -0.142. The Hall–Kier alpha value is -1.82. The van der Waals surface area contributed by atoms with Crippen LogP contribution in [0.25, 0.3) is 0 Å². The Balaban J connectivity index is 2.96. The number of nitrogens with zero attached hydrogens (tertiary/aromatic N) is 2. The summed E-state index contributed by atoms with van der Waals surface area (Å²) in [6.45, 7) is 6.93. The quantitative estimate of drug-likeness (QED) is 0.919. The van der Waals surface area contributed by atoms with Crippen LogP contribution in [0.15, 0.2) is 12.3 Å². The Bertz CT molecular complexity index is 569. The first kappa shape index (κ1) is 18.2. The molecule has 1 heterocycles. The Kier molecular flexibility index (Phi) is 5.77. The molecule has 1 N–H and O–H groups in total. The second-order valence-electron chi connectivity index (χ2n) is 6.05. The van der Waals surface area contributed by atoms with Gasteiger partial charge in [0.2, 0.25) is 0 Å². The lowest BCUT2D eigenvalue weighted by Crippen LogP contribution is -2.46. The van der Waals surface area contributed by atoms with Gasteiger partial charge in [0.05, 0.1) is 5.02 Å². The third-order valence-corrected chi connectivity index (χ3v) is 3.21. The van der Waals surface area contributed by atoms with Gasteiger partial charge in [-0.3, -0.25) is 9.88 Å². The molecule has 122 valence electrons. The summed E-state index contributed by atoms with van der Waals surface area (Å²) >= 11 is 5.89. The highest BCUT2D eigenvalue weighted by Gasteiger charge is 2.30. The van der Waals surface area contributed by atoms with Gasteiger partial charge in [0, 0.05) is 25.4 Å². The van der Waals surface area contributed by atoms with Crippen molar-refractivity contribution in [2.24, 2.45) is 0 Å². The van der Waals surface area contributed by atoms with Crippen molar-refractivity contribution in [3.05, 3.63) is 28.5 Å². The van der Waals surface area contributed by atoms with E-state index in [0.717, 1.165) is 4.90 Å². The van der Waals surface area contributed by atoms with Gasteiger partial charge in [0.15, 0.2) is 0 Å². The molecule has 0 saturated carbocycles. The van der Waals surface area contributed by atoms with Crippen molar-refractivity contribution in [1.82, 2.24) is 9.88 Å². The number of carboxylic acids is 1. The van der Waals surface area contributed by atoms with Crippen LogP contribution in [0, 0.1) is 6.92 Å². The number of carbonyl (C=O) groups excluding carboxylic acids is 1. The molecule has 0 bridgehead atoms. The topological polar surface area (TPSA) is 79.7 Å². The van der Waals surface area contributed by atoms with Gasteiger partial charge in [0.1, 0.15) is 11.6 Å². The number of rotatable bonds is 4. The molecule has 0 spiro atoms. The van der Waals surface area contributed by atoms with Crippen molar-refractivity contribution in [1.29, 1.82) is 0 Å². The summed E-state index contributed by atoms with van der Waals surface area (Å²) in [6, 6.07) is 0.594. The molecule has 1 rings (SSSR count). The molecule has 7 heteroatoms. The minimum Gasteiger partial charge on any atom is -0.480 e. The van der Waals surface area contributed by atoms with Crippen molar-refractivity contribution < 1.29 is 19.4 Å². The Morgan fingerprint density at radius 3 is 2.55 bits per heavy atom. The van der Waals surface area contributed by atoms with Crippen LogP contribution in [-0.2, 0) is 16.0 Å². The van der Waals surface area contributed by atoms with Crippen LogP contribution in [0.4, 0.5) is 4.79 Å². The van der Waals surface area contributed by atoms with Gasteiger partial charge in [-0.25, -0.2) is 9.59 Å². The molecule has 1 aromatic rings. The first-order valence-corrected chi connectivity index (χ1v) is 7.18. The normalized spacial score (nSPS) is 12.6. The molecule has 1 aromatic heterocycles. The summed E-state index contributed by atoms with van der Waals surface area (Å²) in [6.07, 6.45) is 0.908. The maximum absolute atomic E-state index is 12.0. The van der Waals surface area contributed by atoms with Crippen LogP contribution in [0.1, 0.15) is 32.0 Å². The minimum absolute atomic E-state index is 0.102. The third-order valence-electron chi connectivity index (χ3n) is 3.01. The standard InChI is InChI=1S/C15H21ClN2O4/c1-9-10(6-11(16)8-17-9)7-12(13(19)20)18(5)14(21)22-15(2,3)4/h6,8,12H,7H2,1-5H3,(H,19,20)/t12-/m0/s1. The van der Waals surface area contributed by atoms with E-state index in [2.05, 4.69) is 4.98 Å². The van der Waals surface area contributed by atoms with Gasteiger partial charge in [0.25, 0.3) is 0 Å². The molecule has 0 saturated heterocycles. The maximum Gasteiger partial charge on any atom is 0.410 e. The number of pyridine rings is 1. The highest BCUT2D eigenvalue weighted by Crippen LogP contribution is 2.18. The van der Waals surface area contributed by atoms with E-state index >= 15 is 0 Å². The molecule has 0 unspecified atom stereocenters. The van der Waals surface area contributed by atoms with Crippen molar-refractivity contribution in [3.63, 3.8) is 0 Å². The van der Waals surface area contributed by atoms with E-state index in [0.29, 0.717) is 16.3 Å². The Morgan fingerprint density at radius 2 is 2.05 bits per heavy atom. The zero-order valence-corrected chi connectivity index (χ0v) is 14.1. The second kappa shape index (κ2) is 6.96. The zero-order chi connectivity index (χ0) is 17.1. The number of likely N-dealkylation sites (N-methyl/N-ethyl adjacent to an activating group) is 1. The van der Waals surface area contributed by atoms with Gasteiger partial charge in [-0.2, -0.15) is 0 Å². The lowest BCUT2D eigenvalue weighted by atomic mass is 10.0. The summed E-state index contributed by atoms with van der Waals surface area (Å²) in [5, 5.41) is 9.83. The van der Waals surface area contributed by atoms with Crippen molar-refractivity contribution in [3.8, 4) is 0 Å². The highest BCUT2D eigenvalue weighted by atomic mass is 35.5. The van der Waals surface area contributed by atoms with Crippen molar-refractivity contribution >= 4 is 23.7 Å². The summed E-state index contributed by atoms with van der Waals surface area (Å²) < 4.78 is 5.20. The number of halogens is 1. The van der Waals surface area contributed by atoms with Gasteiger partial charge in [-0.1, -0.05) is 11.6 Å². The molecule has 0 aliphatic carbocycles. The number of ether oxygens (including phenoxy) is 1. The first-order valence-electron chi connectivity index (χ1n) is 6.81. The number of carbonyl (C=O) groups is 2. The molecular weight excluding hydrogens is 308 g/mol. The van der Waals surface area contributed by atoms with E-state index in [1.54, 1.807) is 33.8 Å². The average Bonchev–Trinajstić information content (AvgIpc) is 2.36. The van der Waals surface area contributed by atoms with Gasteiger partial charge >= 0.3 is 12.1 Å². The number of aliphatic carboxylic acids is 1. The molecule has 0 aromatic carbocycles. The zero-order valence-electron chi connectivity index (χ0n) is 13.4. The van der Waals surface area contributed by atoms with E-state index in [-0.39, 0.29) is 6.42 Å². The third kappa shape index (κ3) is 5.18. The number of carboxylic acid groups (broad SMARTS) is 1. The summed E-state index contributed by atoms with van der Waals surface area (Å²) in [5.41, 5.74) is 0.658. The molecule has 22 heavy (non-hydrogen) atoms. The lowest BCUT2D eigenvalue weighted by Gasteiger charge is -2.28. The summed E-state index contributed by atoms with van der Waals surface area (Å²) in [5.74, 6) is -1.12. The monoisotopic (exact) mass is 328 g/mol. The largest absolute Gasteiger partial charge is 0.480 e. The molecular formula is C15H21ClN2O4. The van der Waals surface area contributed by atoms with E-state index in [1.807, 2.05) is 0 Å². The SMILES string of the molecule is Cc1ncc(Cl)cc1C[C@@H](C(=O)O)N(C)C(=O)OC(C)(C)C. The van der Waals surface area contributed by atoms with Crippen molar-refractivity contribution in [2.75, 3.05) is 7.05 Å². The number of aromatic nitrogens is 1. The molecule has 0 aliphatic heterocycles. The van der Waals surface area contributed by atoms with E-state index in [1.165, 1.54) is 13.2 Å². The fourth-order valence-electron chi connectivity index (χ4n) is 1.82. The van der Waals surface area contributed by atoms with Crippen LogP contribution in [-0.4, -0.2) is 45.7 Å². The number of hydrogen-bond acceptors (Lipinski definition) is 4. The van der Waals surface area contributed by atoms with Crippen LogP contribution in [0.2, 0.25) is 5.02 Å². The molecule has 0 aliphatic rings. The van der Waals surface area contributed by atoms with Crippen molar-refractivity contribution in [2.45, 2.75) is 45.8 Å². The minimum atomic E-state index is -1.12. The Labute approximate surface area is 135 Å². The highest BCUT2D eigenvalue weighted by molar-refractivity contribution is 6.30. The second-order valence-corrected chi connectivity index (χ2v) is 6.48. The number of amides is 1. The van der Waals surface area contributed by atoms with E-state index in [4.69, 9.17) is 16.3 Å². The molecule has 1 atom stereocenters. The fourth-order valence-corrected chi connectivity index (χ4v) is 2.00. The molecule has 0 radical (unpaired) electrons. The van der Waals surface area contributed by atoms with Crippen LogP contribution < -0.4 is 0 Å². The van der Waals surface area contributed by atoms with Gasteiger partial charge < -0.3 is 9.84 Å². The fraction of sp³-hybridized carbons (Fsp3) is 0.533. The predicted octanol–water partition coefficient (Wildman–Crippen LogP) is 2.91. The van der Waals surface area contributed by atoms with E-state index < -0.39 is 23.7 Å². The average molecular weight is 329 g/mol. The van der Waals surface area contributed by atoms with Gasteiger partial charge in [-0.15, -0.1) is 0 Å². The smallest absolute Gasteiger partial charge is 0.410 e. The molecule has 0 fully saturated rings. The van der Waals surface area contributed by atoms with Crippen LogP contribution in [0.3, 0.4) is 0 Å². The maximum atomic E-state index is 12.0.